The van der Waals surface area contributed by atoms with Gasteiger partial charge in [-0.15, -0.1) is 0 Å². The molecule has 2 amide bonds. The van der Waals surface area contributed by atoms with Crippen molar-refractivity contribution in [1.29, 1.82) is 0 Å². The molecular formula is C23H28N2O5. The first kappa shape index (κ1) is 22.0. The number of rotatable bonds is 5. The number of aliphatic hydroxyl groups excluding tert-OH is 2. The monoisotopic (exact) mass is 412 g/mol. The molecule has 7 heteroatoms. The lowest BCUT2D eigenvalue weighted by atomic mass is 9.83. The van der Waals surface area contributed by atoms with E-state index in [9.17, 15) is 24.9 Å². The molecule has 0 bridgehead atoms. The summed E-state index contributed by atoms with van der Waals surface area (Å²) in [6.07, 6.45) is -3.03. The zero-order valence-corrected chi connectivity index (χ0v) is 17.2. The summed E-state index contributed by atoms with van der Waals surface area (Å²) in [7, 11) is 2.87. The van der Waals surface area contributed by atoms with Crippen LogP contribution in [0.25, 0.3) is 11.1 Å². The number of aliphatic hydroxyl groups is 3. The third-order valence-corrected chi connectivity index (χ3v) is 5.68. The fourth-order valence-corrected chi connectivity index (χ4v) is 3.71. The Hall–Kier alpha value is -2.74. The largest absolute Gasteiger partial charge is 0.385 e. The first-order valence-corrected chi connectivity index (χ1v) is 9.97. The van der Waals surface area contributed by atoms with Gasteiger partial charge < -0.3 is 25.1 Å². The Kier molecular flexibility index (Phi) is 6.55. The molecule has 3 rings (SSSR count). The Morgan fingerprint density at radius 1 is 0.900 bits per heavy atom. The quantitative estimate of drug-likeness (QED) is 0.680. The van der Waals surface area contributed by atoms with Crippen LogP contribution < -0.4 is 0 Å². The van der Waals surface area contributed by atoms with Crippen molar-refractivity contribution >= 4 is 11.8 Å². The van der Waals surface area contributed by atoms with E-state index in [-0.39, 0.29) is 13.1 Å². The Morgan fingerprint density at radius 2 is 1.43 bits per heavy atom. The second kappa shape index (κ2) is 8.95. The third-order valence-electron chi connectivity index (χ3n) is 5.68. The SMILES string of the molecule is CN(C)C(=O)[C@H](O)[C@@H](O)C(=O)N1CCC(O)(c2ccc(-c3ccccc3)cc2)CC1. The number of hydrogen-bond donors (Lipinski definition) is 3. The van der Waals surface area contributed by atoms with E-state index in [1.165, 1.54) is 19.0 Å². The Balaban J connectivity index is 1.64. The van der Waals surface area contributed by atoms with Crippen LogP contribution in [0.5, 0.6) is 0 Å². The van der Waals surface area contributed by atoms with E-state index in [2.05, 4.69) is 0 Å². The van der Waals surface area contributed by atoms with E-state index in [1.54, 1.807) is 0 Å². The van der Waals surface area contributed by atoms with Crippen LogP contribution in [0.1, 0.15) is 18.4 Å². The maximum atomic E-state index is 12.5. The average molecular weight is 412 g/mol. The molecule has 1 saturated heterocycles. The van der Waals surface area contributed by atoms with E-state index < -0.39 is 29.6 Å². The van der Waals surface area contributed by atoms with Crippen molar-refractivity contribution in [2.75, 3.05) is 27.2 Å². The lowest BCUT2D eigenvalue weighted by Gasteiger charge is -2.39. The molecule has 1 fully saturated rings. The van der Waals surface area contributed by atoms with Gasteiger partial charge in [0.2, 0.25) is 0 Å². The van der Waals surface area contributed by atoms with Crippen molar-refractivity contribution in [3.8, 4) is 11.1 Å². The number of piperidine rings is 1. The van der Waals surface area contributed by atoms with E-state index in [1.807, 2.05) is 54.6 Å². The fourth-order valence-electron chi connectivity index (χ4n) is 3.71. The van der Waals surface area contributed by atoms with Gasteiger partial charge in [-0.25, -0.2) is 0 Å². The summed E-state index contributed by atoms with van der Waals surface area (Å²) in [4.78, 5) is 26.8. The van der Waals surface area contributed by atoms with Crippen LogP contribution in [-0.4, -0.2) is 76.3 Å². The number of nitrogens with zero attached hydrogens (tertiary/aromatic N) is 2. The molecule has 3 N–H and O–H groups in total. The minimum absolute atomic E-state index is 0.218. The summed E-state index contributed by atoms with van der Waals surface area (Å²) in [5.74, 6) is -1.44. The van der Waals surface area contributed by atoms with E-state index in [4.69, 9.17) is 0 Å². The molecule has 0 spiro atoms. The van der Waals surface area contributed by atoms with Gasteiger partial charge in [0.15, 0.2) is 12.2 Å². The third kappa shape index (κ3) is 4.53. The summed E-state index contributed by atoms with van der Waals surface area (Å²) in [6, 6.07) is 17.7. The van der Waals surface area contributed by atoms with Gasteiger partial charge in [-0.2, -0.15) is 0 Å². The highest BCUT2D eigenvalue weighted by Crippen LogP contribution is 2.34. The predicted molar refractivity (Wildman–Crippen MR) is 112 cm³/mol. The molecule has 160 valence electrons. The molecule has 0 aliphatic carbocycles. The van der Waals surface area contributed by atoms with Gasteiger partial charge in [0, 0.05) is 27.2 Å². The van der Waals surface area contributed by atoms with Crippen molar-refractivity contribution in [3.05, 3.63) is 60.2 Å². The van der Waals surface area contributed by atoms with Gasteiger partial charge in [0.05, 0.1) is 5.60 Å². The molecule has 1 aliphatic rings. The van der Waals surface area contributed by atoms with Crippen molar-refractivity contribution < 1.29 is 24.9 Å². The topological polar surface area (TPSA) is 101 Å². The number of benzene rings is 2. The van der Waals surface area contributed by atoms with E-state index >= 15 is 0 Å². The van der Waals surface area contributed by atoms with Crippen LogP contribution in [0.2, 0.25) is 0 Å². The molecule has 2 atom stereocenters. The summed E-state index contributed by atoms with van der Waals surface area (Å²) >= 11 is 0. The van der Waals surface area contributed by atoms with Crippen LogP contribution in [-0.2, 0) is 15.2 Å². The molecule has 0 unspecified atom stereocenters. The highest BCUT2D eigenvalue weighted by molar-refractivity contribution is 5.90. The molecule has 0 aromatic heterocycles. The maximum absolute atomic E-state index is 12.5. The first-order valence-electron chi connectivity index (χ1n) is 9.97. The summed E-state index contributed by atoms with van der Waals surface area (Å²) in [5, 5.41) is 31.1. The summed E-state index contributed by atoms with van der Waals surface area (Å²) in [6.45, 7) is 0.436. The number of likely N-dealkylation sites (N-methyl/N-ethyl adjacent to an activating group) is 1. The van der Waals surface area contributed by atoms with Crippen LogP contribution in [0, 0.1) is 0 Å². The Labute approximate surface area is 176 Å². The zero-order chi connectivity index (χ0) is 21.9. The Bertz CT molecular complexity index is 874. The van der Waals surface area contributed by atoms with Gasteiger partial charge in [-0.3, -0.25) is 9.59 Å². The first-order chi connectivity index (χ1) is 14.2. The smallest absolute Gasteiger partial charge is 0.254 e. The van der Waals surface area contributed by atoms with Gasteiger partial charge in [0.1, 0.15) is 0 Å². The van der Waals surface area contributed by atoms with Gasteiger partial charge in [-0.05, 0) is 29.5 Å². The average Bonchev–Trinajstić information content (AvgIpc) is 2.78. The lowest BCUT2D eigenvalue weighted by Crippen LogP contribution is -2.53. The van der Waals surface area contributed by atoms with Crippen molar-refractivity contribution in [3.63, 3.8) is 0 Å². The number of likely N-dealkylation sites (tertiary alicyclic amines) is 1. The van der Waals surface area contributed by atoms with Crippen molar-refractivity contribution in [2.24, 2.45) is 0 Å². The molecule has 1 heterocycles. The molecule has 2 aromatic carbocycles. The van der Waals surface area contributed by atoms with Gasteiger partial charge >= 0.3 is 0 Å². The van der Waals surface area contributed by atoms with Crippen LogP contribution in [0.15, 0.2) is 54.6 Å². The number of carbonyl (C=O) groups is 2. The molecule has 0 saturated carbocycles. The highest BCUT2D eigenvalue weighted by atomic mass is 16.3. The number of hydrogen-bond acceptors (Lipinski definition) is 5. The van der Waals surface area contributed by atoms with Crippen LogP contribution in [0.4, 0.5) is 0 Å². The van der Waals surface area contributed by atoms with Crippen LogP contribution >= 0.6 is 0 Å². The normalized spacial score (nSPS) is 17.8. The number of amides is 2. The van der Waals surface area contributed by atoms with E-state index in [0.29, 0.717) is 12.8 Å². The summed E-state index contributed by atoms with van der Waals surface area (Å²) in [5.41, 5.74) is 1.85. The predicted octanol–water partition coefficient (Wildman–Crippen LogP) is 0.974. The minimum atomic E-state index is -1.82. The number of carbonyl (C=O) groups excluding carboxylic acids is 2. The second-order valence-corrected chi connectivity index (χ2v) is 7.92. The van der Waals surface area contributed by atoms with Crippen molar-refractivity contribution in [1.82, 2.24) is 9.80 Å². The molecule has 1 aliphatic heterocycles. The van der Waals surface area contributed by atoms with Gasteiger partial charge in [-0.1, -0.05) is 54.6 Å². The molecule has 7 nitrogen and oxygen atoms in total. The minimum Gasteiger partial charge on any atom is -0.385 e. The van der Waals surface area contributed by atoms with Crippen LogP contribution in [0.3, 0.4) is 0 Å². The fraction of sp³-hybridized carbons (Fsp3) is 0.391. The molecule has 0 radical (unpaired) electrons. The van der Waals surface area contributed by atoms with Crippen molar-refractivity contribution in [2.45, 2.75) is 30.7 Å². The summed E-state index contributed by atoms with van der Waals surface area (Å²) < 4.78 is 0. The molecule has 30 heavy (non-hydrogen) atoms. The van der Waals surface area contributed by atoms with Gasteiger partial charge in [0.25, 0.3) is 11.8 Å². The second-order valence-electron chi connectivity index (χ2n) is 7.92. The van der Waals surface area contributed by atoms with E-state index in [0.717, 1.165) is 21.6 Å². The highest BCUT2D eigenvalue weighted by Gasteiger charge is 2.39. The molecular weight excluding hydrogens is 384 g/mol. The molecule has 2 aromatic rings. The standard InChI is InChI=1S/C23H28N2O5/c1-24(2)21(28)19(26)20(27)22(29)25-14-12-23(30,13-15-25)18-10-8-17(9-11-18)16-6-4-3-5-7-16/h3-11,19-20,26-27,30H,12-15H2,1-2H3/t19-,20-/m1/s1. The Morgan fingerprint density at radius 3 is 1.97 bits per heavy atom. The maximum Gasteiger partial charge on any atom is 0.254 e. The lowest BCUT2D eigenvalue weighted by molar-refractivity contribution is -0.159. The zero-order valence-electron chi connectivity index (χ0n) is 17.2.